The Balaban J connectivity index is 1.68. The minimum Gasteiger partial charge on any atom is -0.361 e. The molecule has 0 unspecified atom stereocenters. The lowest BCUT2D eigenvalue weighted by Crippen LogP contribution is -2.34. The third-order valence-electron chi connectivity index (χ3n) is 3.79. The van der Waals surface area contributed by atoms with Gasteiger partial charge in [0, 0.05) is 16.9 Å². The van der Waals surface area contributed by atoms with Gasteiger partial charge in [-0.25, -0.2) is 0 Å². The van der Waals surface area contributed by atoms with Crippen molar-refractivity contribution in [3.05, 3.63) is 59.7 Å². The van der Waals surface area contributed by atoms with Crippen LogP contribution in [0, 0.1) is 0 Å². The summed E-state index contributed by atoms with van der Waals surface area (Å²) in [6, 6.07) is 12.2. The van der Waals surface area contributed by atoms with Gasteiger partial charge in [-0.1, -0.05) is 36.0 Å². The second kappa shape index (κ2) is 7.26. The van der Waals surface area contributed by atoms with Crippen molar-refractivity contribution in [2.45, 2.75) is 25.7 Å². The lowest BCUT2D eigenvalue weighted by Gasteiger charge is -2.30. The summed E-state index contributed by atoms with van der Waals surface area (Å²) < 4.78 is 38.3. The highest BCUT2D eigenvalue weighted by molar-refractivity contribution is 8.15. The lowest BCUT2D eigenvalue weighted by molar-refractivity contribution is -0.137. The second-order valence-corrected chi connectivity index (χ2v) is 7.53. The SMILES string of the molecule is CC1(C)N=C(SCC(=O)Nc2cccc(C(F)(F)F)c2)c2ccccc2N1. The molecule has 0 aromatic heterocycles. The Morgan fingerprint density at radius 3 is 2.67 bits per heavy atom. The number of fused-ring (bicyclic) bond motifs is 1. The van der Waals surface area contributed by atoms with Crippen molar-refractivity contribution >= 4 is 34.1 Å². The number of aliphatic imine (C=N–C) groups is 1. The number of thioether (sulfide) groups is 1. The Kier molecular flexibility index (Phi) is 5.19. The fourth-order valence-electron chi connectivity index (χ4n) is 2.66. The number of rotatable bonds is 3. The van der Waals surface area contributed by atoms with E-state index in [0.29, 0.717) is 5.04 Å². The van der Waals surface area contributed by atoms with Crippen molar-refractivity contribution in [3.8, 4) is 0 Å². The van der Waals surface area contributed by atoms with E-state index in [0.717, 1.165) is 23.4 Å². The standard InChI is InChI=1S/C19H18F3N3OS/c1-18(2)24-15-9-4-3-8-14(15)17(25-18)27-11-16(26)23-13-7-5-6-12(10-13)19(20,21)22/h3-10,24H,11H2,1-2H3,(H,23,26). The summed E-state index contributed by atoms with van der Waals surface area (Å²) in [6.07, 6.45) is -4.45. The Morgan fingerprint density at radius 2 is 1.93 bits per heavy atom. The molecule has 1 aliphatic heterocycles. The van der Waals surface area contributed by atoms with E-state index in [1.165, 1.54) is 23.9 Å². The Bertz CT molecular complexity index is 894. The Hall–Kier alpha value is -2.48. The first kappa shape index (κ1) is 19.3. The van der Waals surface area contributed by atoms with Crippen LogP contribution in [0.4, 0.5) is 24.5 Å². The minimum absolute atomic E-state index is 0.0412. The number of nitrogens with zero attached hydrogens (tertiary/aromatic N) is 1. The number of alkyl halides is 3. The van der Waals surface area contributed by atoms with Crippen LogP contribution >= 0.6 is 11.8 Å². The summed E-state index contributed by atoms with van der Waals surface area (Å²) in [5.74, 6) is -0.352. The molecule has 0 saturated heterocycles. The third kappa shape index (κ3) is 4.82. The molecule has 4 nitrogen and oxygen atoms in total. The number of para-hydroxylation sites is 1. The molecule has 2 N–H and O–H groups in total. The summed E-state index contributed by atoms with van der Waals surface area (Å²) in [4.78, 5) is 16.8. The maximum absolute atomic E-state index is 12.8. The van der Waals surface area contributed by atoms with Crippen molar-refractivity contribution in [2.24, 2.45) is 4.99 Å². The normalized spacial score (nSPS) is 15.4. The third-order valence-corrected chi connectivity index (χ3v) is 4.78. The molecule has 8 heteroatoms. The van der Waals surface area contributed by atoms with Crippen LogP contribution in [0.1, 0.15) is 25.0 Å². The first-order valence-electron chi connectivity index (χ1n) is 8.21. The first-order valence-corrected chi connectivity index (χ1v) is 9.20. The highest BCUT2D eigenvalue weighted by Crippen LogP contribution is 2.32. The van der Waals surface area contributed by atoms with E-state index in [1.54, 1.807) is 0 Å². The van der Waals surface area contributed by atoms with Gasteiger partial charge in [-0.15, -0.1) is 0 Å². The smallest absolute Gasteiger partial charge is 0.361 e. The number of halogens is 3. The molecule has 1 heterocycles. The van der Waals surface area contributed by atoms with Gasteiger partial charge in [0.15, 0.2) is 0 Å². The predicted octanol–water partition coefficient (Wildman–Crippen LogP) is 4.99. The van der Waals surface area contributed by atoms with E-state index in [9.17, 15) is 18.0 Å². The van der Waals surface area contributed by atoms with E-state index in [-0.39, 0.29) is 11.4 Å². The molecule has 0 spiro atoms. The van der Waals surface area contributed by atoms with Gasteiger partial charge in [0.25, 0.3) is 0 Å². The fraction of sp³-hybridized carbons (Fsp3) is 0.263. The van der Waals surface area contributed by atoms with Crippen LogP contribution in [0.15, 0.2) is 53.5 Å². The summed E-state index contributed by atoms with van der Waals surface area (Å²) in [6.45, 7) is 3.85. The minimum atomic E-state index is -4.45. The highest BCUT2D eigenvalue weighted by atomic mass is 32.2. The molecule has 3 rings (SSSR count). The molecule has 0 fully saturated rings. The van der Waals surface area contributed by atoms with Crippen molar-refractivity contribution in [1.29, 1.82) is 0 Å². The maximum Gasteiger partial charge on any atom is 0.416 e. The number of carbonyl (C=O) groups excluding carboxylic acids is 1. The molecule has 0 atom stereocenters. The Morgan fingerprint density at radius 1 is 1.19 bits per heavy atom. The molecule has 1 aliphatic rings. The zero-order chi connectivity index (χ0) is 19.7. The van der Waals surface area contributed by atoms with Crippen molar-refractivity contribution in [2.75, 3.05) is 16.4 Å². The maximum atomic E-state index is 12.8. The highest BCUT2D eigenvalue weighted by Gasteiger charge is 2.30. The fourth-order valence-corrected chi connectivity index (χ4v) is 3.63. The summed E-state index contributed by atoms with van der Waals surface area (Å²) in [5, 5.41) is 6.53. The average Bonchev–Trinajstić information content (AvgIpc) is 2.58. The molecular formula is C19H18F3N3OS. The van der Waals surface area contributed by atoms with Crippen LogP contribution < -0.4 is 10.6 Å². The average molecular weight is 393 g/mol. The van der Waals surface area contributed by atoms with E-state index in [2.05, 4.69) is 15.6 Å². The molecule has 0 bridgehead atoms. The van der Waals surface area contributed by atoms with Crippen LogP contribution in [0.25, 0.3) is 0 Å². The van der Waals surface area contributed by atoms with E-state index in [4.69, 9.17) is 0 Å². The number of hydrogen-bond donors (Lipinski definition) is 2. The van der Waals surface area contributed by atoms with Gasteiger partial charge in [-0.05, 0) is 38.1 Å². The summed E-state index contributed by atoms with van der Waals surface area (Å²) in [7, 11) is 0. The van der Waals surface area contributed by atoms with E-state index < -0.39 is 23.3 Å². The largest absolute Gasteiger partial charge is 0.416 e. The molecule has 2 aromatic carbocycles. The lowest BCUT2D eigenvalue weighted by atomic mass is 10.1. The Labute approximate surface area is 159 Å². The van der Waals surface area contributed by atoms with Crippen LogP contribution in [0.3, 0.4) is 0 Å². The van der Waals surface area contributed by atoms with Gasteiger partial charge < -0.3 is 10.6 Å². The first-order chi connectivity index (χ1) is 12.6. The van der Waals surface area contributed by atoms with E-state index >= 15 is 0 Å². The van der Waals surface area contributed by atoms with Crippen molar-refractivity contribution in [3.63, 3.8) is 0 Å². The number of carbonyl (C=O) groups is 1. The van der Waals surface area contributed by atoms with Crippen LogP contribution in [0.2, 0.25) is 0 Å². The van der Waals surface area contributed by atoms with Crippen LogP contribution in [-0.4, -0.2) is 22.4 Å². The number of hydrogen-bond acceptors (Lipinski definition) is 4. The molecule has 27 heavy (non-hydrogen) atoms. The molecule has 1 amide bonds. The second-order valence-electron chi connectivity index (χ2n) is 6.56. The monoisotopic (exact) mass is 393 g/mol. The van der Waals surface area contributed by atoms with Gasteiger partial charge in [-0.3, -0.25) is 9.79 Å². The van der Waals surface area contributed by atoms with E-state index in [1.807, 2.05) is 38.1 Å². The quantitative estimate of drug-likeness (QED) is 0.773. The van der Waals surface area contributed by atoms with Gasteiger partial charge in [0.1, 0.15) is 10.7 Å². The molecule has 2 aromatic rings. The number of anilines is 2. The molecule has 0 aliphatic carbocycles. The van der Waals surface area contributed by atoms with Gasteiger partial charge in [0.2, 0.25) is 5.91 Å². The number of amides is 1. The molecule has 0 saturated carbocycles. The molecule has 142 valence electrons. The molecular weight excluding hydrogens is 375 g/mol. The van der Waals surface area contributed by atoms with Gasteiger partial charge >= 0.3 is 6.18 Å². The number of benzene rings is 2. The van der Waals surface area contributed by atoms with Crippen LogP contribution in [-0.2, 0) is 11.0 Å². The summed E-state index contributed by atoms with van der Waals surface area (Å²) >= 11 is 1.26. The van der Waals surface area contributed by atoms with Crippen molar-refractivity contribution < 1.29 is 18.0 Å². The summed E-state index contributed by atoms with van der Waals surface area (Å²) in [5.41, 5.74) is 0.635. The van der Waals surface area contributed by atoms with Crippen molar-refractivity contribution in [1.82, 2.24) is 0 Å². The van der Waals surface area contributed by atoms with Gasteiger partial charge in [0.05, 0.1) is 11.3 Å². The predicted molar refractivity (Wildman–Crippen MR) is 103 cm³/mol. The zero-order valence-corrected chi connectivity index (χ0v) is 15.5. The number of nitrogens with one attached hydrogen (secondary N) is 2. The zero-order valence-electron chi connectivity index (χ0n) is 14.7. The molecule has 0 radical (unpaired) electrons. The van der Waals surface area contributed by atoms with Crippen LogP contribution in [0.5, 0.6) is 0 Å². The van der Waals surface area contributed by atoms with Gasteiger partial charge in [-0.2, -0.15) is 13.2 Å². The topological polar surface area (TPSA) is 53.5 Å².